The van der Waals surface area contributed by atoms with Crippen LogP contribution in [0.5, 0.6) is 0 Å². The number of hydrogen-bond acceptors (Lipinski definition) is 5. The molecule has 118 valence electrons. The number of rotatable bonds is 6. The lowest BCUT2D eigenvalue weighted by molar-refractivity contribution is 0.263. The van der Waals surface area contributed by atoms with E-state index in [1.807, 2.05) is 0 Å². The second kappa shape index (κ2) is 6.64. The number of nitrogens with one attached hydrogen (secondary N) is 1. The van der Waals surface area contributed by atoms with Crippen molar-refractivity contribution in [1.82, 2.24) is 4.72 Å². The van der Waals surface area contributed by atoms with Crippen molar-refractivity contribution < 1.29 is 13.5 Å². The van der Waals surface area contributed by atoms with Gasteiger partial charge < -0.3 is 15.7 Å². The molecule has 4 N–H and O–H groups in total. The second-order valence-corrected chi connectivity index (χ2v) is 7.10. The highest BCUT2D eigenvalue weighted by atomic mass is 32.2. The average molecular weight is 313 g/mol. The molecule has 0 amide bonds. The molecule has 21 heavy (non-hydrogen) atoms. The Hall–Kier alpha value is -1.31. The van der Waals surface area contributed by atoms with Crippen LogP contribution in [-0.4, -0.2) is 39.8 Å². The second-order valence-electron chi connectivity index (χ2n) is 5.33. The summed E-state index contributed by atoms with van der Waals surface area (Å²) in [4.78, 5) is 2.33. The summed E-state index contributed by atoms with van der Waals surface area (Å²) in [5.74, 6) is 0.434. The zero-order valence-electron chi connectivity index (χ0n) is 12.2. The standard InChI is InChI=1S/C14H23N3O3S/c1-2-16-21(19,20)12-3-4-13(15)14(9-12)17-7-5-11(10-17)6-8-18/h3-4,9,11,16,18H,2,5-8,10,15H2,1H3. The molecular weight excluding hydrogens is 290 g/mol. The van der Waals surface area contributed by atoms with Crippen molar-refractivity contribution in [2.75, 3.05) is 36.9 Å². The van der Waals surface area contributed by atoms with Crippen LogP contribution in [0.25, 0.3) is 0 Å². The predicted octanol–water partition coefficient (Wildman–Crippen LogP) is 0.776. The van der Waals surface area contributed by atoms with Gasteiger partial charge in [0, 0.05) is 26.2 Å². The quantitative estimate of drug-likeness (QED) is 0.674. The average Bonchev–Trinajstić information content (AvgIpc) is 2.88. The summed E-state index contributed by atoms with van der Waals surface area (Å²) < 4.78 is 26.6. The first-order valence-corrected chi connectivity index (χ1v) is 8.71. The Morgan fingerprint density at radius 1 is 1.48 bits per heavy atom. The maximum Gasteiger partial charge on any atom is 0.240 e. The highest BCUT2D eigenvalue weighted by Gasteiger charge is 2.25. The van der Waals surface area contributed by atoms with Gasteiger partial charge in [-0.05, 0) is 37.0 Å². The number of nitrogen functional groups attached to an aromatic ring is 1. The molecule has 0 radical (unpaired) electrons. The van der Waals surface area contributed by atoms with Crippen LogP contribution in [0.3, 0.4) is 0 Å². The fourth-order valence-corrected chi connectivity index (χ4v) is 3.77. The van der Waals surface area contributed by atoms with E-state index in [0.29, 0.717) is 18.2 Å². The summed E-state index contributed by atoms with van der Waals surface area (Å²) in [5, 5.41) is 9.02. The minimum atomic E-state index is -3.48. The van der Waals surface area contributed by atoms with Crippen LogP contribution in [0, 0.1) is 5.92 Å². The van der Waals surface area contributed by atoms with Crippen molar-refractivity contribution in [1.29, 1.82) is 0 Å². The van der Waals surface area contributed by atoms with Gasteiger partial charge in [0.25, 0.3) is 0 Å². The number of benzene rings is 1. The SMILES string of the molecule is CCNS(=O)(=O)c1ccc(N)c(N2CCC(CCO)C2)c1. The van der Waals surface area contributed by atoms with Crippen LogP contribution < -0.4 is 15.4 Å². The highest BCUT2D eigenvalue weighted by molar-refractivity contribution is 7.89. The van der Waals surface area contributed by atoms with E-state index in [2.05, 4.69) is 9.62 Å². The molecule has 0 bridgehead atoms. The molecule has 0 aromatic heterocycles. The number of hydrogen-bond donors (Lipinski definition) is 3. The van der Waals surface area contributed by atoms with Gasteiger partial charge in [0.15, 0.2) is 0 Å². The van der Waals surface area contributed by atoms with Crippen molar-refractivity contribution in [2.45, 2.75) is 24.7 Å². The summed E-state index contributed by atoms with van der Waals surface area (Å²) in [6.07, 6.45) is 1.76. The van der Waals surface area contributed by atoms with Crippen LogP contribution in [-0.2, 0) is 10.0 Å². The maximum absolute atomic E-state index is 12.1. The van der Waals surface area contributed by atoms with Gasteiger partial charge in [-0.1, -0.05) is 6.92 Å². The fourth-order valence-electron chi connectivity index (χ4n) is 2.71. The Morgan fingerprint density at radius 2 is 2.24 bits per heavy atom. The monoisotopic (exact) mass is 313 g/mol. The third-order valence-electron chi connectivity index (χ3n) is 3.81. The molecule has 1 atom stereocenters. The number of nitrogens with two attached hydrogens (primary N) is 1. The Bertz CT molecular complexity index is 589. The molecule has 1 aromatic carbocycles. The number of aliphatic hydroxyl groups excluding tert-OH is 1. The number of aliphatic hydroxyl groups is 1. The largest absolute Gasteiger partial charge is 0.397 e. The van der Waals surface area contributed by atoms with Gasteiger partial charge in [0.2, 0.25) is 10.0 Å². The van der Waals surface area contributed by atoms with Crippen LogP contribution in [0.2, 0.25) is 0 Å². The van der Waals surface area contributed by atoms with Crippen molar-refractivity contribution >= 4 is 21.4 Å². The molecule has 1 saturated heterocycles. The first-order valence-electron chi connectivity index (χ1n) is 7.23. The minimum Gasteiger partial charge on any atom is -0.397 e. The van der Waals surface area contributed by atoms with E-state index < -0.39 is 10.0 Å². The Kier molecular flexibility index (Phi) is 5.08. The number of nitrogens with zero attached hydrogens (tertiary/aromatic N) is 1. The molecule has 0 saturated carbocycles. The van der Waals surface area contributed by atoms with E-state index in [0.717, 1.165) is 31.6 Å². The van der Waals surface area contributed by atoms with Gasteiger partial charge in [-0.3, -0.25) is 0 Å². The Morgan fingerprint density at radius 3 is 2.90 bits per heavy atom. The summed E-state index contributed by atoms with van der Waals surface area (Å²) in [5.41, 5.74) is 7.34. The highest BCUT2D eigenvalue weighted by Crippen LogP contribution is 2.31. The van der Waals surface area contributed by atoms with Gasteiger partial charge >= 0.3 is 0 Å². The van der Waals surface area contributed by atoms with Crippen LogP contribution in [0.4, 0.5) is 11.4 Å². The first kappa shape index (κ1) is 16.1. The lowest BCUT2D eigenvalue weighted by Crippen LogP contribution is -2.25. The summed E-state index contributed by atoms with van der Waals surface area (Å²) in [6, 6.07) is 4.80. The molecular formula is C14H23N3O3S. The summed E-state index contributed by atoms with van der Waals surface area (Å²) in [6.45, 7) is 3.91. The molecule has 2 rings (SSSR count). The van der Waals surface area contributed by atoms with Gasteiger partial charge in [-0.15, -0.1) is 0 Å². The van der Waals surface area contributed by atoms with E-state index in [1.165, 1.54) is 6.07 Å². The van der Waals surface area contributed by atoms with Crippen LogP contribution in [0.1, 0.15) is 19.8 Å². The normalized spacial score (nSPS) is 19.1. The molecule has 0 aliphatic carbocycles. The van der Waals surface area contributed by atoms with Crippen LogP contribution in [0.15, 0.2) is 23.1 Å². The summed E-state index contributed by atoms with van der Waals surface area (Å²) >= 11 is 0. The molecule has 7 heteroatoms. The minimum absolute atomic E-state index is 0.183. The molecule has 0 spiro atoms. The van der Waals surface area contributed by atoms with E-state index in [4.69, 9.17) is 10.8 Å². The van der Waals surface area contributed by atoms with Gasteiger partial charge in [0.05, 0.1) is 16.3 Å². The molecule has 1 heterocycles. The van der Waals surface area contributed by atoms with Crippen LogP contribution >= 0.6 is 0 Å². The third kappa shape index (κ3) is 3.66. The van der Waals surface area contributed by atoms with E-state index in [9.17, 15) is 8.42 Å². The first-order chi connectivity index (χ1) is 9.97. The zero-order chi connectivity index (χ0) is 15.5. The summed E-state index contributed by atoms with van der Waals surface area (Å²) in [7, 11) is -3.48. The smallest absolute Gasteiger partial charge is 0.240 e. The van der Waals surface area contributed by atoms with E-state index >= 15 is 0 Å². The molecule has 1 unspecified atom stereocenters. The lowest BCUT2D eigenvalue weighted by atomic mass is 10.1. The van der Waals surface area contributed by atoms with Gasteiger partial charge in [0.1, 0.15) is 0 Å². The molecule has 1 fully saturated rings. The molecule has 6 nitrogen and oxygen atoms in total. The number of anilines is 2. The van der Waals surface area contributed by atoms with Crippen molar-refractivity contribution in [3.05, 3.63) is 18.2 Å². The Balaban J connectivity index is 2.25. The topological polar surface area (TPSA) is 95.7 Å². The van der Waals surface area contributed by atoms with Gasteiger partial charge in [-0.2, -0.15) is 0 Å². The maximum atomic E-state index is 12.1. The third-order valence-corrected chi connectivity index (χ3v) is 5.35. The van der Waals surface area contributed by atoms with Crippen molar-refractivity contribution in [3.8, 4) is 0 Å². The molecule has 1 aliphatic heterocycles. The van der Waals surface area contributed by atoms with Crippen molar-refractivity contribution in [2.24, 2.45) is 5.92 Å². The predicted molar refractivity (Wildman–Crippen MR) is 83.7 cm³/mol. The molecule has 1 aromatic rings. The van der Waals surface area contributed by atoms with Crippen molar-refractivity contribution in [3.63, 3.8) is 0 Å². The van der Waals surface area contributed by atoms with E-state index in [-0.39, 0.29) is 11.5 Å². The lowest BCUT2D eigenvalue weighted by Gasteiger charge is -2.21. The van der Waals surface area contributed by atoms with Gasteiger partial charge in [-0.25, -0.2) is 13.1 Å². The zero-order valence-corrected chi connectivity index (χ0v) is 13.1. The molecule has 1 aliphatic rings. The fraction of sp³-hybridized carbons (Fsp3) is 0.571. The number of sulfonamides is 1. The van der Waals surface area contributed by atoms with E-state index in [1.54, 1.807) is 19.1 Å². The Labute approximate surface area is 126 Å².